The van der Waals surface area contributed by atoms with Crippen LogP contribution in [0.25, 0.3) is 10.4 Å². The van der Waals surface area contributed by atoms with E-state index in [4.69, 9.17) is 10.3 Å². The van der Waals surface area contributed by atoms with E-state index in [0.29, 0.717) is 6.42 Å². The third-order valence-corrected chi connectivity index (χ3v) is 2.15. The molecule has 94 valence electrons. The Morgan fingerprint density at radius 1 is 1.28 bits per heavy atom. The average Bonchev–Trinajstić information content (AvgIpc) is 2.37. The van der Waals surface area contributed by atoms with Gasteiger partial charge in [-0.3, -0.25) is 9.59 Å². The molecule has 0 atom stereocenters. The first-order valence-electron chi connectivity index (χ1n) is 5.44. The molecule has 0 saturated heterocycles. The van der Waals surface area contributed by atoms with E-state index in [2.05, 4.69) is 10.0 Å². The molecule has 0 amide bonds. The second kappa shape index (κ2) is 7.86. The Balaban J connectivity index is 2.21. The van der Waals surface area contributed by atoms with Gasteiger partial charge in [-0.25, -0.2) is 0 Å². The SMILES string of the molecule is [N-]=[N+]=NCC(=O)CC(=O)OCCc1ccccc1. The summed E-state index contributed by atoms with van der Waals surface area (Å²) in [6.07, 6.45) is 0.255. The van der Waals surface area contributed by atoms with Crippen LogP contribution < -0.4 is 0 Å². The van der Waals surface area contributed by atoms with Gasteiger partial charge in [-0.1, -0.05) is 35.4 Å². The maximum Gasteiger partial charge on any atom is 0.313 e. The molecule has 0 spiro atoms. The van der Waals surface area contributed by atoms with Gasteiger partial charge in [0.2, 0.25) is 0 Å². The van der Waals surface area contributed by atoms with Crippen molar-refractivity contribution < 1.29 is 14.3 Å². The van der Waals surface area contributed by atoms with Gasteiger partial charge >= 0.3 is 5.97 Å². The molecule has 0 saturated carbocycles. The van der Waals surface area contributed by atoms with Gasteiger partial charge in [-0.2, -0.15) is 0 Å². The van der Waals surface area contributed by atoms with Crippen molar-refractivity contribution in [1.29, 1.82) is 0 Å². The second-order valence-corrected chi connectivity index (χ2v) is 3.56. The highest BCUT2D eigenvalue weighted by Gasteiger charge is 2.09. The Morgan fingerprint density at radius 3 is 2.67 bits per heavy atom. The number of benzene rings is 1. The van der Waals surface area contributed by atoms with E-state index in [-0.39, 0.29) is 19.6 Å². The summed E-state index contributed by atoms with van der Waals surface area (Å²) in [5.74, 6) is -1.04. The molecule has 1 aromatic rings. The van der Waals surface area contributed by atoms with E-state index in [1.54, 1.807) is 0 Å². The molecule has 0 radical (unpaired) electrons. The minimum absolute atomic E-state index is 0.234. The highest BCUT2D eigenvalue weighted by atomic mass is 16.5. The van der Waals surface area contributed by atoms with Gasteiger partial charge in [0.1, 0.15) is 12.2 Å². The standard InChI is InChI=1S/C12H13N3O3/c13-15-14-9-11(16)8-12(17)18-7-6-10-4-2-1-3-5-10/h1-5H,6-9H2. The van der Waals surface area contributed by atoms with E-state index in [0.717, 1.165) is 5.56 Å². The molecule has 18 heavy (non-hydrogen) atoms. The predicted octanol–water partition coefficient (Wildman–Crippen LogP) is 2.04. The van der Waals surface area contributed by atoms with Crippen molar-refractivity contribution in [3.8, 4) is 0 Å². The summed E-state index contributed by atoms with van der Waals surface area (Å²) in [6, 6.07) is 9.58. The molecule has 1 rings (SSSR count). The van der Waals surface area contributed by atoms with Crippen LogP contribution in [0.5, 0.6) is 0 Å². The summed E-state index contributed by atoms with van der Waals surface area (Å²) in [6.45, 7) is -0.0814. The van der Waals surface area contributed by atoms with Crippen molar-refractivity contribution >= 4 is 11.8 Å². The monoisotopic (exact) mass is 247 g/mol. The summed E-state index contributed by atoms with van der Waals surface area (Å²) >= 11 is 0. The number of nitrogens with zero attached hydrogens (tertiary/aromatic N) is 3. The van der Waals surface area contributed by atoms with Crippen LogP contribution in [0.2, 0.25) is 0 Å². The lowest BCUT2D eigenvalue weighted by Gasteiger charge is -2.03. The minimum atomic E-state index is -0.593. The van der Waals surface area contributed by atoms with Gasteiger partial charge in [-0.05, 0) is 11.1 Å². The zero-order chi connectivity index (χ0) is 13.2. The number of carbonyl (C=O) groups is 2. The second-order valence-electron chi connectivity index (χ2n) is 3.56. The number of esters is 1. The lowest BCUT2D eigenvalue weighted by Crippen LogP contribution is -2.14. The number of azide groups is 1. The molecule has 0 N–H and O–H groups in total. The Kier molecular flexibility index (Phi) is 6.00. The minimum Gasteiger partial charge on any atom is -0.465 e. The van der Waals surface area contributed by atoms with Crippen LogP contribution in [-0.4, -0.2) is 24.9 Å². The highest BCUT2D eigenvalue weighted by molar-refractivity contribution is 5.96. The van der Waals surface area contributed by atoms with E-state index < -0.39 is 11.8 Å². The van der Waals surface area contributed by atoms with E-state index in [9.17, 15) is 9.59 Å². The summed E-state index contributed by atoms with van der Waals surface area (Å²) in [4.78, 5) is 24.7. The van der Waals surface area contributed by atoms with Crippen LogP contribution in [0.3, 0.4) is 0 Å². The molecule has 0 fully saturated rings. The molecule has 6 nitrogen and oxygen atoms in total. The van der Waals surface area contributed by atoms with Crippen molar-refractivity contribution in [2.45, 2.75) is 12.8 Å². The smallest absolute Gasteiger partial charge is 0.313 e. The number of rotatable bonds is 7. The van der Waals surface area contributed by atoms with Crippen LogP contribution in [0.15, 0.2) is 35.4 Å². The van der Waals surface area contributed by atoms with Gasteiger partial charge in [0.15, 0.2) is 0 Å². The highest BCUT2D eigenvalue weighted by Crippen LogP contribution is 2.00. The van der Waals surface area contributed by atoms with Crippen LogP contribution in [0.1, 0.15) is 12.0 Å². The lowest BCUT2D eigenvalue weighted by molar-refractivity contribution is -0.145. The molecular weight excluding hydrogens is 234 g/mol. The average molecular weight is 247 g/mol. The Labute approximate surface area is 104 Å². The fraction of sp³-hybridized carbons (Fsp3) is 0.333. The third kappa shape index (κ3) is 5.67. The maximum absolute atomic E-state index is 11.2. The molecule has 0 aliphatic heterocycles. The zero-order valence-electron chi connectivity index (χ0n) is 9.78. The summed E-state index contributed by atoms with van der Waals surface area (Å²) in [5, 5.41) is 3.08. The van der Waals surface area contributed by atoms with Crippen molar-refractivity contribution in [3.63, 3.8) is 0 Å². The molecule has 1 aromatic carbocycles. The lowest BCUT2D eigenvalue weighted by atomic mass is 10.2. The summed E-state index contributed by atoms with van der Waals surface area (Å²) < 4.78 is 4.90. The zero-order valence-corrected chi connectivity index (χ0v) is 9.78. The van der Waals surface area contributed by atoms with Gasteiger partial charge < -0.3 is 4.74 Å². The predicted molar refractivity (Wildman–Crippen MR) is 64.7 cm³/mol. The van der Waals surface area contributed by atoms with Gasteiger partial charge in [0.25, 0.3) is 0 Å². The van der Waals surface area contributed by atoms with Crippen LogP contribution in [0.4, 0.5) is 0 Å². The first-order valence-corrected chi connectivity index (χ1v) is 5.44. The summed E-state index contributed by atoms with van der Waals surface area (Å²) in [7, 11) is 0. The van der Waals surface area contributed by atoms with E-state index in [1.807, 2.05) is 30.3 Å². The fourth-order valence-electron chi connectivity index (χ4n) is 1.31. The maximum atomic E-state index is 11.2. The molecule has 0 aliphatic carbocycles. The quantitative estimate of drug-likeness (QED) is 0.242. The molecule has 6 heteroatoms. The molecule has 0 bridgehead atoms. The molecule has 0 unspecified atom stereocenters. The van der Waals surface area contributed by atoms with Crippen LogP contribution >= 0.6 is 0 Å². The molecule has 0 aliphatic rings. The molecule has 0 aromatic heterocycles. The van der Waals surface area contributed by atoms with Gasteiger partial charge in [0, 0.05) is 11.3 Å². The number of hydrogen-bond donors (Lipinski definition) is 0. The first kappa shape index (κ1) is 13.7. The van der Waals surface area contributed by atoms with Crippen molar-refractivity contribution in [3.05, 3.63) is 46.3 Å². The molecular formula is C12H13N3O3. The van der Waals surface area contributed by atoms with E-state index in [1.165, 1.54) is 0 Å². The normalized spacial score (nSPS) is 9.33. The van der Waals surface area contributed by atoms with Crippen molar-refractivity contribution in [1.82, 2.24) is 0 Å². The first-order chi connectivity index (χ1) is 8.72. The van der Waals surface area contributed by atoms with Crippen molar-refractivity contribution in [2.75, 3.05) is 13.2 Å². The van der Waals surface area contributed by atoms with Gasteiger partial charge in [-0.15, -0.1) is 0 Å². The Bertz CT molecular complexity index is 453. The number of ether oxygens (including phenoxy) is 1. The number of hydrogen-bond acceptors (Lipinski definition) is 4. The van der Waals surface area contributed by atoms with Crippen molar-refractivity contribution in [2.24, 2.45) is 5.11 Å². The fourth-order valence-corrected chi connectivity index (χ4v) is 1.31. The topological polar surface area (TPSA) is 92.1 Å². The largest absolute Gasteiger partial charge is 0.465 e. The van der Waals surface area contributed by atoms with Gasteiger partial charge in [0.05, 0.1) is 13.2 Å². The Morgan fingerprint density at radius 2 is 2.00 bits per heavy atom. The Hall–Kier alpha value is -2.33. The van der Waals surface area contributed by atoms with E-state index >= 15 is 0 Å². The number of ketones is 1. The van der Waals surface area contributed by atoms with Crippen LogP contribution in [0, 0.1) is 0 Å². The van der Waals surface area contributed by atoms with Crippen LogP contribution in [-0.2, 0) is 20.7 Å². The summed E-state index contributed by atoms with van der Waals surface area (Å²) in [5.41, 5.74) is 9.07. The number of Topliss-reactive ketones (excluding diaryl/α,β-unsaturated/α-hetero) is 1. The number of carbonyl (C=O) groups excluding carboxylic acids is 2. The molecule has 0 heterocycles. The third-order valence-electron chi connectivity index (χ3n) is 2.15.